The number of thioether (sulfide) groups is 1. The third kappa shape index (κ3) is 3.36. The Morgan fingerprint density at radius 3 is 2.81 bits per heavy atom. The van der Waals surface area contributed by atoms with Gasteiger partial charge in [0.05, 0.1) is 6.04 Å². The van der Waals surface area contributed by atoms with Crippen LogP contribution in [0.15, 0.2) is 53.4 Å². The van der Waals surface area contributed by atoms with Crippen molar-refractivity contribution in [1.29, 1.82) is 0 Å². The third-order valence-electron chi connectivity index (χ3n) is 3.35. The second-order valence-electron chi connectivity index (χ2n) is 4.84. The van der Waals surface area contributed by atoms with Crippen LogP contribution >= 0.6 is 11.8 Å². The summed E-state index contributed by atoms with van der Waals surface area (Å²) in [7, 11) is 0. The van der Waals surface area contributed by atoms with Crippen molar-refractivity contribution in [2.24, 2.45) is 0 Å². The number of benzene rings is 2. The molecule has 2 N–H and O–H groups in total. The zero-order valence-electron chi connectivity index (χ0n) is 11.3. The van der Waals surface area contributed by atoms with E-state index in [-0.39, 0.29) is 17.9 Å². The number of carbonyl (C=O) groups excluding carboxylic acids is 1. The smallest absolute Gasteiger partial charge is 0.319 e. The maximum atomic E-state index is 13.4. The molecule has 1 atom stereocenters. The van der Waals surface area contributed by atoms with Gasteiger partial charge in [-0.3, -0.25) is 0 Å². The fraction of sp³-hybridized carbons (Fsp3) is 0.188. The first-order valence-corrected chi connectivity index (χ1v) is 7.76. The van der Waals surface area contributed by atoms with Crippen LogP contribution in [0.3, 0.4) is 0 Å². The number of hydrogen-bond acceptors (Lipinski definition) is 2. The minimum absolute atomic E-state index is 0.152. The first-order chi connectivity index (χ1) is 10.2. The molecule has 0 saturated heterocycles. The van der Waals surface area contributed by atoms with Crippen molar-refractivity contribution in [1.82, 2.24) is 5.32 Å². The van der Waals surface area contributed by atoms with E-state index in [9.17, 15) is 9.18 Å². The zero-order valence-corrected chi connectivity index (χ0v) is 12.1. The molecule has 0 spiro atoms. The van der Waals surface area contributed by atoms with Gasteiger partial charge in [0.15, 0.2) is 0 Å². The van der Waals surface area contributed by atoms with Gasteiger partial charge in [-0.15, -0.1) is 11.8 Å². The molecule has 1 aliphatic rings. The zero-order chi connectivity index (χ0) is 14.7. The summed E-state index contributed by atoms with van der Waals surface area (Å²) in [5.41, 5.74) is 1.59. The molecule has 0 bridgehead atoms. The Morgan fingerprint density at radius 1 is 1.19 bits per heavy atom. The van der Waals surface area contributed by atoms with E-state index < -0.39 is 0 Å². The molecule has 2 aromatic rings. The van der Waals surface area contributed by atoms with Crippen molar-refractivity contribution in [3.05, 3.63) is 59.9 Å². The van der Waals surface area contributed by atoms with Crippen LogP contribution in [-0.2, 0) is 0 Å². The average Bonchev–Trinajstić information content (AvgIpc) is 2.49. The van der Waals surface area contributed by atoms with Gasteiger partial charge in [-0.05, 0) is 42.3 Å². The first kappa shape index (κ1) is 13.9. The Labute approximate surface area is 126 Å². The largest absolute Gasteiger partial charge is 0.331 e. The molecule has 2 amide bonds. The van der Waals surface area contributed by atoms with Crippen molar-refractivity contribution >= 4 is 23.5 Å². The van der Waals surface area contributed by atoms with E-state index >= 15 is 0 Å². The van der Waals surface area contributed by atoms with Crippen molar-refractivity contribution in [2.45, 2.75) is 17.4 Å². The van der Waals surface area contributed by atoms with Gasteiger partial charge in [-0.2, -0.15) is 0 Å². The highest BCUT2D eigenvalue weighted by Crippen LogP contribution is 2.36. The summed E-state index contributed by atoms with van der Waals surface area (Å²) >= 11 is 1.69. The van der Waals surface area contributed by atoms with Gasteiger partial charge in [0.2, 0.25) is 0 Å². The summed E-state index contributed by atoms with van der Waals surface area (Å²) < 4.78 is 13.4. The van der Waals surface area contributed by atoms with Gasteiger partial charge < -0.3 is 10.6 Å². The van der Waals surface area contributed by atoms with Gasteiger partial charge >= 0.3 is 6.03 Å². The number of amides is 2. The van der Waals surface area contributed by atoms with E-state index in [1.807, 2.05) is 30.3 Å². The number of nitrogens with one attached hydrogen (secondary N) is 2. The molecule has 21 heavy (non-hydrogen) atoms. The van der Waals surface area contributed by atoms with Crippen LogP contribution in [0.25, 0.3) is 0 Å². The normalized spacial score (nSPS) is 16.9. The Kier molecular flexibility index (Phi) is 4.10. The molecule has 108 valence electrons. The van der Waals surface area contributed by atoms with Crippen LogP contribution in [0, 0.1) is 5.82 Å². The number of fused-ring (bicyclic) bond motifs is 1. The van der Waals surface area contributed by atoms with Crippen LogP contribution in [0.4, 0.5) is 14.9 Å². The van der Waals surface area contributed by atoms with Crippen molar-refractivity contribution < 1.29 is 9.18 Å². The van der Waals surface area contributed by atoms with E-state index in [0.717, 1.165) is 28.3 Å². The van der Waals surface area contributed by atoms with Gasteiger partial charge in [-0.1, -0.05) is 18.2 Å². The first-order valence-electron chi connectivity index (χ1n) is 6.77. The molecule has 1 heterocycles. The molecular formula is C16H15FN2OS. The number of anilines is 1. The van der Waals surface area contributed by atoms with E-state index in [1.165, 1.54) is 12.1 Å². The van der Waals surface area contributed by atoms with Gasteiger partial charge in [0, 0.05) is 16.3 Å². The highest BCUT2D eigenvalue weighted by Gasteiger charge is 2.22. The summed E-state index contributed by atoms with van der Waals surface area (Å²) in [5, 5.41) is 5.70. The molecule has 0 fully saturated rings. The number of rotatable bonds is 2. The average molecular weight is 302 g/mol. The molecule has 0 saturated carbocycles. The molecule has 1 unspecified atom stereocenters. The van der Waals surface area contributed by atoms with Gasteiger partial charge in [-0.25, -0.2) is 9.18 Å². The molecule has 1 aliphatic heterocycles. The second kappa shape index (κ2) is 6.18. The number of para-hydroxylation sites is 1. The Balaban J connectivity index is 1.71. The van der Waals surface area contributed by atoms with Gasteiger partial charge in [0.1, 0.15) is 5.82 Å². The lowest BCUT2D eigenvalue weighted by Gasteiger charge is -2.26. The van der Waals surface area contributed by atoms with E-state index in [1.54, 1.807) is 17.8 Å². The fourth-order valence-corrected chi connectivity index (χ4v) is 3.47. The summed E-state index contributed by atoms with van der Waals surface area (Å²) in [5.74, 6) is 0.640. The van der Waals surface area contributed by atoms with Crippen molar-refractivity contribution in [3.63, 3.8) is 0 Å². The number of hydrogen-bond donors (Lipinski definition) is 2. The Morgan fingerprint density at radius 2 is 2.00 bits per heavy atom. The van der Waals surface area contributed by atoms with E-state index in [0.29, 0.717) is 0 Å². The lowest BCUT2D eigenvalue weighted by atomic mass is 10.0. The standard InChI is InChI=1S/C16H15FN2OS/c17-11-6-7-15-13(10-11)14(8-9-21-15)19-16(20)18-12-4-2-1-3-5-12/h1-7,10,14H,8-9H2,(H2,18,19,20). The number of urea groups is 1. The molecule has 0 aliphatic carbocycles. The Hall–Kier alpha value is -2.01. The molecule has 3 nitrogen and oxygen atoms in total. The monoisotopic (exact) mass is 302 g/mol. The minimum Gasteiger partial charge on any atom is -0.331 e. The fourth-order valence-electron chi connectivity index (χ4n) is 2.36. The molecule has 0 radical (unpaired) electrons. The molecule has 3 rings (SSSR count). The van der Waals surface area contributed by atoms with Crippen LogP contribution in [0.2, 0.25) is 0 Å². The van der Waals surface area contributed by atoms with Crippen molar-refractivity contribution in [2.75, 3.05) is 11.1 Å². The summed E-state index contributed by atoms with van der Waals surface area (Å²) in [6, 6.07) is 13.6. The maximum absolute atomic E-state index is 13.4. The quantitative estimate of drug-likeness (QED) is 0.873. The Bertz CT molecular complexity index is 648. The highest BCUT2D eigenvalue weighted by atomic mass is 32.2. The number of halogens is 1. The predicted molar refractivity (Wildman–Crippen MR) is 83.1 cm³/mol. The lowest BCUT2D eigenvalue weighted by Crippen LogP contribution is -2.34. The highest BCUT2D eigenvalue weighted by molar-refractivity contribution is 7.99. The third-order valence-corrected chi connectivity index (χ3v) is 4.47. The molecule has 5 heteroatoms. The maximum Gasteiger partial charge on any atom is 0.319 e. The SMILES string of the molecule is O=C(Nc1ccccc1)NC1CCSc2ccc(F)cc21. The lowest BCUT2D eigenvalue weighted by molar-refractivity contribution is 0.248. The van der Waals surface area contributed by atoms with Crippen LogP contribution in [0.1, 0.15) is 18.0 Å². The minimum atomic E-state index is -0.272. The topological polar surface area (TPSA) is 41.1 Å². The summed E-state index contributed by atoms with van der Waals surface area (Å²) in [6.07, 6.45) is 0.795. The van der Waals surface area contributed by atoms with Gasteiger partial charge in [0.25, 0.3) is 0 Å². The summed E-state index contributed by atoms with van der Waals surface area (Å²) in [6.45, 7) is 0. The molecule has 0 aromatic heterocycles. The van der Waals surface area contributed by atoms with E-state index in [2.05, 4.69) is 10.6 Å². The molecular weight excluding hydrogens is 287 g/mol. The summed E-state index contributed by atoms with van der Waals surface area (Å²) in [4.78, 5) is 13.1. The van der Waals surface area contributed by atoms with Crippen molar-refractivity contribution in [3.8, 4) is 0 Å². The molecule has 2 aromatic carbocycles. The van der Waals surface area contributed by atoms with Crippen LogP contribution < -0.4 is 10.6 Å². The van der Waals surface area contributed by atoms with Crippen LogP contribution in [-0.4, -0.2) is 11.8 Å². The second-order valence-corrected chi connectivity index (χ2v) is 5.97. The predicted octanol–water partition coefficient (Wildman–Crippen LogP) is 4.18. The van der Waals surface area contributed by atoms with Crippen LogP contribution in [0.5, 0.6) is 0 Å². The van der Waals surface area contributed by atoms with E-state index in [4.69, 9.17) is 0 Å². The number of carbonyl (C=O) groups is 1.